The van der Waals surface area contributed by atoms with E-state index in [-0.39, 0.29) is 6.61 Å². The van der Waals surface area contributed by atoms with Crippen molar-refractivity contribution in [2.24, 2.45) is 0 Å². The third-order valence-corrected chi connectivity index (χ3v) is 3.35. The second-order valence-electron chi connectivity index (χ2n) is 5.07. The van der Waals surface area contributed by atoms with Gasteiger partial charge < -0.3 is 16.2 Å². The Labute approximate surface area is 114 Å². The van der Waals surface area contributed by atoms with E-state index in [1.807, 2.05) is 62.4 Å². The molecule has 0 fully saturated rings. The van der Waals surface area contributed by atoms with Crippen LogP contribution in [0, 0.1) is 6.92 Å². The number of anilines is 2. The number of aliphatic hydroxyl groups excluding tert-OH is 1. The van der Waals surface area contributed by atoms with Crippen molar-refractivity contribution in [2.45, 2.75) is 19.4 Å². The van der Waals surface area contributed by atoms with Crippen LogP contribution in [0.25, 0.3) is 0 Å². The molecular formula is C16H20N2O. The Kier molecular flexibility index (Phi) is 3.76. The molecule has 2 aromatic rings. The molecule has 3 heteroatoms. The molecule has 0 saturated heterocycles. The minimum atomic E-state index is -0.552. The smallest absolute Gasteiger partial charge is 0.0829 e. The number of nitrogens with one attached hydrogen (secondary N) is 1. The standard InChI is InChI=1S/C16H20N2O/c1-12-8-9-14(17)15(10-12)18-16(2,11-19)13-6-4-3-5-7-13/h3-10,18-19H,11,17H2,1-2H3. The Morgan fingerprint density at radius 1 is 1.16 bits per heavy atom. The van der Waals surface area contributed by atoms with Crippen molar-refractivity contribution < 1.29 is 5.11 Å². The van der Waals surface area contributed by atoms with Gasteiger partial charge >= 0.3 is 0 Å². The van der Waals surface area contributed by atoms with Crippen LogP contribution in [0.1, 0.15) is 18.1 Å². The molecule has 1 unspecified atom stereocenters. The molecule has 0 heterocycles. The second kappa shape index (κ2) is 5.33. The Balaban J connectivity index is 2.36. The van der Waals surface area contributed by atoms with Crippen molar-refractivity contribution in [3.63, 3.8) is 0 Å². The lowest BCUT2D eigenvalue weighted by Crippen LogP contribution is -2.36. The average molecular weight is 256 g/mol. The average Bonchev–Trinajstić information content (AvgIpc) is 2.44. The molecule has 19 heavy (non-hydrogen) atoms. The number of hydrogen-bond acceptors (Lipinski definition) is 3. The normalized spacial score (nSPS) is 13.8. The van der Waals surface area contributed by atoms with E-state index >= 15 is 0 Å². The van der Waals surface area contributed by atoms with Gasteiger partial charge in [-0.2, -0.15) is 0 Å². The van der Waals surface area contributed by atoms with Gasteiger partial charge in [0.2, 0.25) is 0 Å². The molecule has 0 amide bonds. The first-order valence-corrected chi connectivity index (χ1v) is 6.36. The predicted octanol–water partition coefficient (Wildman–Crippen LogP) is 2.90. The SMILES string of the molecule is Cc1ccc(N)c(NC(C)(CO)c2ccccc2)c1. The minimum absolute atomic E-state index is 0.00953. The lowest BCUT2D eigenvalue weighted by Gasteiger charge is -2.31. The molecule has 0 aliphatic heterocycles. The van der Waals surface area contributed by atoms with Crippen LogP contribution in [0.2, 0.25) is 0 Å². The summed E-state index contributed by atoms with van der Waals surface area (Å²) in [4.78, 5) is 0. The first-order chi connectivity index (χ1) is 9.05. The Hall–Kier alpha value is -2.00. The van der Waals surface area contributed by atoms with E-state index in [0.717, 1.165) is 16.8 Å². The third-order valence-electron chi connectivity index (χ3n) is 3.35. The summed E-state index contributed by atoms with van der Waals surface area (Å²) in [6.45, 7) is 3.97. The molecule has 0 bridgehead atoms. The lowest BCUT2D eigenvalue weighted by atomic mass is 9.92. The van der Waals surface area contributed by atoms with E-state index in [1.54, 1.807) is 0 Å². The highest BCUT2D eigenvalue weighted by Crippen LogP contribution is 2.29. The molecule has 0 radical (unpaired) electrons. The molecule has 0 aromatic heterocycles. The second-order valence-corrected chi connectivity index (χ2v) is 5.07. The fourth-order valence-corrected chi connectivity index (χ4v) is 2.08. The molecule has 2 aromatic carbocycles. The molecule has 100 valence electrons. The topological polar surface area (TPSA) is 58.3 Å². The van der Waals surface area contributed by atoms with Gasteiger partial charge in [0, 0.05) is 0 Å². The summed E-state index contributed by atoms with van der Waals surface area (Å²) in [5.41, 5.74) is 9.12. The van der Waals surface area contributed by atoms with Crippen molar-refractivity contribution in [1.29, 1.82) is 0 Å². The number of hydrogen-bond donors (Lipinski definition) is 3. The summed E-state index contributed by atoms with van der Waals surface area (Å²) in [6.07, 6.45) is 0. The van der Waals surface area contributed by atoms with E-state index in [0.29, 0.717) is 5.69 Å². The van der Waals surface area contributed by atoms with Gasteiger partial charge in [0.15, 0.2) is 0 Å². The molecular weight excluding hydrogens is 236 g/mol. The maximum Gasteiger partial charge on any atom is 0.0829 e. The third kappa shape index (κ3) is 2.88. The van der Waals surface area contributed by atoms with Crippen molar-refractivity contribution >= 4 is 11.4 Å². The van der Waals surface area contributed by atoms with E-state index < -0.39 is 5.54 Å². The Bertz CT molecular complexity index is 554. The Morgan fingerprint density at radius 2 is 1.84 bits per heavy atom. The zero-order chi connectivity index (χ0) is 13.9. The summed E-state index contributed by atoms with van der Waals surface area (Å²) in [5, 5.41) is 13.1. The van der Waals surface area contributed by atoms with E-state index in [4.69, 9.17) is 5.73 Å². The van der Waals surface area contributed by atoms with Crippen LogP contribution in [-0.4, -0.2) is 11.7 Å². The van der Waals surface area contributed by atoms with Crippen molar-refractivity contribution in [3.05, 3.63) is 59.7 Å². The zero-order valence-corrected chi connectivity index (χ0v) is 11.4. The fourth-order valence-electron chi connectivity index (χ4n) is 2.08. The highest BCUT2D eigenvalue weighted by atomic mass is 16.3. The van der Waals surface area contributed by atoms with E-state index in [2.05, 4.69) is 5.32 Å². The van der Waals surface area contributed by atoms with Gasteiger partial charge in [-0.05, 0) is 37.1 Å². The highest BCUT2D eigenvalue weighted by molar-refractivity contribution is 5.68. The van der Waals surface area contributed by atoms with Crippen molar-refractivity contribution in [1.82, 2.24) is 0 Å². The van der Waals surface area contributed by atoms with Crippen LogP contribution < -0.4 is 11.1 Å². The number of nitrogen functional groups attached to an aromatic ring is 1. The van der Waals surface area contributed by atoms with Crippen LogP contribution in [0.4, 0.5) is 11.4 Å². The molecule has 0 spiro atoms. The molecule has 3 nitrogen and oxygen atoms in total. The van der Waals surface area contributed by atoms with Gasteiger partial charge in [-0.3, -0.25) is 0 Å². The quantitative estimate of drug-likeness (QED) is 0.737. The van der Waals surface area contributed by atoms with Crippen LogP contribution >= 0.6 is 0 Å². The zero-order valence-electron chi connectivity index (χ0n) is 11.4. The van der Waals surface area contributed by atoms with Crippen LogP contribution in [0.15, 0.2) is 48.5 Å². The maximum absolute atomic E-state index is 9.76. The number of nitrogens with two attached hydrogens (primary N) is 1. The minimum Gasteiger partial charge on any atom is -0.397 e. The number of aliphatic hydroxyl groups is 1. The van der Waals surface area contributed by atoms with Crippen LogP contribution in [0.5, 0.6) is 0 Å². The summed E-state index contributed by atoms with van der Waals surface area (Å²) in [6, 6.07) is 15.7. The van der Waals surface area contributed by atoms with E-state index in [9.17, 15) is 5.11 Å². The molecule has 0 saturated carbocycles. The first kappa shape index (κ1) is 13.4. The monoisotopic (exact) mass is 256 g/mol. The molecule has 0 aliphatic carbocycles. The summed E-state index contributed by atoms with van der Waals surface area (Å²) in [7, 11) is 0. The van der Waals surface area contributed by atoms with Gasteiger partial charge in [0.1, 0.15) is 0 Å². The lowest BCUT2D eigenvalue weighted by molar-refractivity contribution is 0.224. The number of rotatable bonds is 4. The maximum atomic E-state index is 9.76. The molecule has 2 rings (SSSR count). The molecule has 4 N–H and O–H groups in total. The number of aryl methyl sites for hydroxylation is 1. The van der Waals surface area contributed by atoms with Gasteiger partial charge in [0.25, 0.3) is 0 Å². The summed E-state index contributed by atoms with van der Waals surface area (Å²) < 4.78 is 0. The first-order valence-electron chi connectivity index (χ1n) is 6.36. The van der Waals surface area contributed by atoms with Crippen molar-refractivity contribution in [3.8, 4) is 0 Å². The van der Waals surface area contributed by atoms with Crippen molar-refractivity contribution in [2.75, 3.05) is 17.7 Å². The number of benzene rings is 2. The largest absolute Gasteiger partial charge is 0.397 e. The van der Waals surface area contributed by atoms with Crippen LogP contribution in [0.3, 0.4) is 0 Å². The van der Waals surface area contributed by atoms with Gasteiger partial charge in [0.05, 0.1) is 23.5 Å². The van der Waals surface area contributed by atoms with Gasteiger partial charge in [-0.1, -0.05) is 36.4 Å². The summed E-state index contributed by atoms with van der Waals surface area (Å²) in [5.74, 6) is 0. The van der Waals surface area contributed by atoms with Crippen LogP contribution in [-0.2, 0) is 5.54 Å². The molecule has 1 atom stereocenters. The fraction of sp³-hybridized carbons (Fsp3) is 0.250. The van der Waals surface area contributed by atoms with E-state index in [1.165, 1.54) is 0 Å². The highest BCUT2D eigenvalue weighted by Gasteiger charge is 2.25. The summed E-state index contributed by atoms with van der Waals surface area (Å²) >= 11 is 0. The molecule has 0 aliphatic rings. The predicted molar refractivity (Wildman–Crippen MR) is 80.1 cm³/mol. The Morgan fingerprint density at radius 3 is 2.47 bits per heavy atom. The van der Waals surface area contributed by atoms with Gasteiger partial charge in [-0.25, -0.2) is 0 Å². The van der Waals surface area contributed by atoms with Gasteiger partial charge in [-0.15, -0.1) is 0 Å².